The van der Waals surface area contributed by atoms with Crippen molar-refractivity contribution in [2.45, 2.75) is 43.9 Å². The molecular weight excluding hydrogens is 266 g/mol. The van der Waals surface area contributed by atoms with Crippen LogP contribution in [0.3, 0.4) is 0 Å². The second-order valence-corrected chi connectivity index (χ2v) is 5.73. The van der Waals surface area contributed by atoms with Crippen LogP contribution in [0, 0.1) is 11.8 Å². The van der Waals surface area contributed by atoms with E-state index >= 15 is 0 Å². The lowest BCUT2D eigenvalue weighted by Crippen LogP contribution is -2.48. The van der Waals surface area contributed by atoms with E-state index in [2.05, 4.69) is 11.8 Å². The minimum absolute atomic E-state index is 0.00256. The fourth-order valence-corrected chi connectivity index (χ4v) is 3.53. The molecule has 2 N–H and O–H groups in total. The molecule has 1 amide bonds. The number of hydrogen-bond donors (Lipinski definition) is 2. The lowest BCUT2D eigenvalue weighted by Gasteiger charge is -2.37. The summed E-state index contributed by atoms with van der Waals surface area (Å²) in [7, 11) is 0. The number of fused-ring (bicyclic) bond motifs is 2. The van der Waals surface area contributed by atoms with Crippen LogP contribution in [0.4, 0.5) is 0 Å². The predicted molar refractivity (Wildman–Crippen MR) is 78.6 cm³/mol. The van der Waals surface area contributed by atoms with E-state index in [0.29, 0.717) is 24.0 Å². The van der Waals surface area contributed by atoms with E-state index in [1.165, 1.54) is 0 Å². The Balaban J connectivity index is 1.90. The highest BCUT2D eigenvalue weighted by Crippen LogP contribution is 2.37. The molecule has 3 rings (SSSR count). The Labute approximate surface area is 124 Å². The highest BCUT2D eigenvalue weighted by molar-refractivity contribution is 5.97. The molecule has 2 heterocycles. The maximum atomic E-state index is 12.9. The summed E-state index contributed by atoms with van der Waals surface area (Å²) in [4.78, 5) is 14.8. The average molecular weight is 285 g/mol. The molecule has 2 aliphatic rings. The van der Waals surface area contributed by atoms with Crippen molar-refractivity contribution in [3.8, 4) is 11.8 Å². The lowest BCUT2D eigenvalue weighted by molar-refractivity contribution is 0.0286. The fourth-order valence-electron chi connectivity index (χ4n) is 3.53. The van der Waals surface area contributed by atoms with Gasteiger partial charge in [-0.05, 0) is 37.8 Å². The Bertz CT molecular complexity index is 588. The standard InChI is InChI=1S/C17H19NO3/c19-9-3-5-12-4-1-2-6-16(12)17(21)18-13-7-8-14(18)11-15(20)10-13/h1-2,4,6,13-15,19-20H,7-11H2. The Hall–Kier alpha value is -1.83. The molecule has 110 valence electrons. The zero-order valence-corrected chi connectivity index (χ0v) is 11.8. The molecule has 0 saturated carbocycles. The Morgan fingerprint density at radius 2 is 1.90 bits per heavy atom. The molecule has 1 aromatic carbocycles. The molecule has 4 nitrogen and oxygen atoms in total. The maximum absolute atomic E-state index is 12.9. The van der Waals surface area contributed by atoms with Gasteiger partial charge in [-0.15, -0.1) is 0 Å². The number of rotatable bonds is 1. The second-order valence-electron chi connectivity index (χ2n) is 5.73. The van der Waals surface area contributed by atoms with Crippen LogP contribution in [-0.2, 0) is 0 Å². The van der Waals surface area contributed by atoms with Gasteiger partial charge in [0.15, 0.2) is 0 Å². The van der Waals surface area contributed by atoms with Crippen molar-refractivity contribution in [1.82, 2.24) is 4.90 Å². The Morgan fingerprint density at radius 3 is 2.57 bits per heavy atom. The molecule has 2 saturated heterocycles. The van der Waals surface area contributed by atoms with E-state index in [0.717, 1.165) is 12.8 Å². The van der Waals surface area contributed by atoms with Gasteiger partial charge in [0.25, 0.3) is 5.91 Å². The normalized spacial score (nSPS) is 27.1. The minimum Gasteiger partial charge on any atom is -0.393 e. The molecular formula is C17H19NO3. The van der Waals surface area contributed by atoms with Crippen molar-refractivity contribution >= 4 is 5.91 Å². The van der Waals surface area contributed by atoms with Gasteiger partial charge < -0.3 is 15.1 Å². The first-order valence-corrected chi connectivity index (χ1v) is 7.40. The molecule has 4 heteroatoms. The van der Waals surface area contributed by atoms with Crippen molar-refractivity contribution in [1.29, 1.82) is 0 Å². The van der Waals surface area contributed by atoms with Crippen LogP contribution in [0.5, 0.6) is 0 Å². The molecule has 2 unspecified atom stereocenters. The van der Waals surface area contributed by atoms with Gasteiger partial charge in [-0.25, -0.2) is 0 Å². The molecule has 2 atom stereocenters. The first kappa shape index (κ1) is 14.1. The number of piperidine rings is 1. The van der Waals surface area contributed by atoms with Crippen LogP contribution in [-0.4, -0.2) is 45.8 Å². The first-order valence-electron chi connectivity index (χ1n) is 7.40. The van der Waals surface area contributed by atoms with Crippen molar-refractivity contribution in [3.63, 3.8) is 0 Å². The summed E-state index contributed by atoms with van der Waals surface area (Å²) in [6.45, 7) is -0.219. The van der Waals surface area contributed by atoms with Crippen molar-refractivity contribution in [3.05, 3.63) is 35.4 Å². The summed E-state index contributed by atoms with van der Waals surface area (Å²) in [5.41, 5.74) is 1.24. The summed E-state index contributed by atoms with van der Waals surface area (Å²) in [5.74, 6) is 5.45. The summed E-state index contributed by atoms with van der Waals surface area (Å²) in [6.07, 6.45) is 3.01. The van der Waals surface area contributed by atoms with Gasteiger partial charge in [-0.1, -0.05) is 24.0 Å². The Kier molecular flexibility index (Phi) is 3.96. The van der Waals surface area contributed by atoms with Crippen molar-refractivity contribution < 1.29 is 15.0 Å². The largest absolute Gasteiger partial charge is 0.393 e. The number of aliphatic hydroxyl groups excluding tert-OH is 2. The monoisotopic (exact) mass is 285 g/mol. The second kappa shape index (κ2) is 5.88. The molecule has 0 spiro atoms. The molecule has 2 fully saturated rings. The van der Waals surface area contributed by atoms with Crippen LogP contribution in [0.2, 0.25) is 0 Å². The van der Waals surface area contributed by atoms with Crippen LogP contribution >= 0.6 is 0 Å². The smallest absolute Gasteiger partial charge is 0.255 e. The maximum Gasteiger partial charge on any atom is 0.255 e. The highest BCUT2D eigenvalue weighted by atomic mass is 16.3. The van der Waals surface area contributed by atoms with Gasteiger partial charge in [0.05, 0.1) is 11.7 Å². The molecule has 21 heavy (non-hydrogen) atoms. The molecule has 0 aromatic heterocycles. The number of carbonyl (C=O) groups is 1. The predicted octanol–water partition coefficient (Wildman–Crippen LogP) is 1.16. The van der Waals surface area contributed by atoms with Gasteiger partial charge in [0.2, 0.25) is 0 Å². The molecule has 2 aliphatic heterocycles. The number of nitrogens with zero attached hydrogens (tertiary/aromatic N) is 1. The molecule has 1 aromatic rings. The summed E-state index contributed by atoms with van der Waals surface area (Å²) >= 11 is 0. The zero-order valence-electron chi connectivity index (χ0n) is 11.8. The van der Waals surface area contributed by atoms with E-state index in [1.807, 2.05) is 17.0 Å². The van der Waals surface area contributed by atoms with Crippen LogP contribution in [0.1, 0.15) is 41.6 Å². The van der Waals surface area contributed by atoms with Crippen LogP contribution in [0.15, 0.2) is 24.3 Å². The van der Waals surface area contributed by atoms with E-state index < -0.39 is 0 Å². The third-order valence-electron chi connectivity index (χ3n) is 4.40. The number of benzene rings is 1. The third kappa shape index (κ3) is 2.67. The molecule has 2 bridgehead atoms. The van der Waals surface area contributed by atoms with Crippen molar-refractivity contribution in [2.24, 2.45) is 0 Å². The molecule has 0 radical (unpaired) electrons. The minimum atomic E-state index is -0.282. The highest BCUT2D eigenvalue weighted by Gasteiger charge is 2.43. The first-order chi connectivity index (χ1) is 10.2. The fraction of sp³-hybridized carbons (Fsp3) is 0.471. The van der Waals surface area contributed by atoms with Gasteiger partial charge in [0, 0.05) is 17.6 Å². The quantitative estimate of drug-likeness (QED) is 0.761. The number of amides is 1. The zero-order chi connectivity index (χ0) is 14.8. The number of hydrogen-bond acceptors (Lipinski definition) is 3. The van der Waals surface area contributed by atoms with Crippen molar-refractivity contribution in [2.75, 3.05) is 6.61 Å². The SMILES string of the molecule is O=C(c1ccccc1C#CCO)N1C2CCC1CC(O)C2. The van der Waals surface area contributed by atoms with Crippen LogP contribution in [0.25, 0.3) is 0 Å². The van der Waals surface area contributed by atoms with E-state index in [1.54, 1.807) is 12.1 Å². The van der Waals surface area contributed by atoms with E-state index in [-0.39, 0.29) is 30.7 Å². The lowest BCUT2D eigenvalue weighted by atomic mass is 9.97. The number of carbonyl (C=O) groups excluding carboxylic acids is 1. The van der Waals surface area contributed by atoms with Crippen LogP contribution < -0.4 is 0 Å². The third-order valence-corrected chi connectivity index (χ3v) is 4.40. The topological polar surface area (TPSA) is 60.8 Å². The summed E-state index contributed by atoms with van der Waals surface area (Å²) in [6, 6.07) is 7.55. The van der Waals surface area contributed by atoms with Gasteiger partial charge in [0.1, 0.15) is 6.61 Å². The van der Waals surface area contributed by atoms with Gasteiger partial charge in [-0.3, -0.25) is 4.79 Å². The number of aliphatic hydroxyl groups is 2. The van der Waals surface area contributed by atoms with E-state index in [9.17, 15) is 9.90 Å². The molecule has 0 aliphatic carbocycles. The Morgan fingerprint density at radius 1 is 1.24 bits per heavy atom. The van der Waals surface area contributed by atoms with Gasteiger partial charge in [-0.2, -0.15) is 0 Å². The average Bonchev–Trinajstić information content (AvgIpc) is 2.76. The summed E-state index contributed by atoms with van der Waals surface area (Å²) in [5, 5.41) is 18.7. The summed E-state index contributed by atoms with van der Waals surface area (Å²) < 4.78 is 0. The van der Waals surface area contributed by atoms with E-state index in [4.69, 9.17) is 5.11 Å². The van der Waals surface area contributed by atoms with Gasteiger partial charge >= 0.3 is 0 Å².